The Morgan fingerprint density at radius 2 is 1.78 bits per heavy atom. The second-order valence-electron chi connectivity index (χ2n) is 6.53. The van der Waals surface area contributed by atoms with Crippen molar-refractivity contribution in [3.8, 4) is 11.3 Å². The molecule has 1 aromatic carbocycles. The molecular formula is C20H23N3. The number of imidazole rings is 1. The van der Waals surface area contributed by atoms with E-state index in [9.17, 15) is 0 Å². The van der Waals surface area contributed by atoms with E-state index in [1.54, 1.807) is 0 Å². The van der Waals surface area contributed by atoms with Gasteiger partial charge in [-0.1, -0.05) is 49.6 Å². The molecule has 1 N–H and O–H groups in total. The van der Waals surface area contributed by atoms with E-state index < -0.39 is 0 Å². The van der Waals surface area contributed by atoms with Gasteiger partial charge in [-0.2, -0.15) is 0 Å². The van der Waals surface area contributed by atoms with Crippen LogP contribution in [0, 0.1) is 6.92 Å². The van der Waals surface area contributed by atoms with Gasteiger partial charge in [-0.3, -0.25) is 4.40 Å². The zero-order valence-corrected chi connectivity index (χ0v) is 13.6. The van der Waals surface area contributed by atoms with Crippen LogP contribution < -0.4 is 5.32 Å². The maximum absolute atomic E-state index is 4.91. The quantitative estimate of drug-likeness (QED) is 0.733. The number of hydrogen-bond donors (Lipinski definition) is 1. The molecule has 23 heavy (non-hydrogen) atoms. The highest BCUT2D eigenvalue weighted by Crippen LogP contribution is 2.32. The van der Waals surface area contributed by atoms with Crippen LogP contribution in [0.1, 0.15) is 37.7 Å². The Morgan fingerprint density at radius 3 is 2.61 bits per heavy atom. The van der Waals surface area contributed by atoms with Crippen molar-refractivity contribution in [2.75, 3.05) is 5.32 Å². The van der Waals surface area contributed by atoms with Gasteiger partial charge >= 0.3 is 0 Å². The van der Waals surface area contributed by atoms with Gasteiger partial charge in [-0.05, 0) is 37.5 Å². The van der Waals surface area contributed by atoms with Crippen molar-refractivity contribution in [3.05, 3.63) is 54.2 Å². The summed E-state index contributed by atoms with van der Waals surface area (Å²) in [4.78, 5) is 4.91. The largest absolute Gasteiger partial charge is 0.367 e. The highest BCUT2D eigenvalue weighted by molar-refractivity contribution is 5.78. The summed E-state index contributed by atoms with van der Waals surface area (Å²) in [6.45, 7) is 2.16. The van der Waals surface area contributed by atoms with Crippen LogP contribution in [0.25, 0.3) is 16.9 Å². The molecule has 0 bridgehead atoms. The molecule has 118 valence electrons. The zero-order chi connectivity index (χ0) is 15.6. The van der Waals surface area contributed by atoms with Gasteiger partial charge in [0.2, 0.25) is 0 Å². The molecule has 1 fully saturated rings. The lowest BCUT2D eigenvalue weighted by Crippen LogP contribution is -2.23. The monoisotopic (exact) mass is 305 g/mol. The van der Waals surface area contributed by atoms with Crippen molar-refractivity contribution in [3.63, 3.8) is 0 Å². The third kappa shape index (κ3) is 2.72. The van der Waals surface area contributed by atoms with Crippen LogP contribution >= 0.6 is 0 Å². The van der Waals surface area contributed by atoms with Crippen LogP contribution in [0.3, 0.4) is 0 Å². The third-order valence-electron chi connectivity index (χ3n) is 4.88. The molecule has 1 aliphatic carbocycles. The van der Waals surface area contributed by atoms with Gasteiger partial charge < -0.3 is 5.32 Å². The summed E-state index contributed by atoms with van der Waals surface area (Å²) in [5, 5.41) is 3.80. The van der Waals surface area contributed by atoms with E-state index in [0.29, 0.717) is 6.04 Å². The summed E-state index contributed by atoms with van der Waals surface area (Å²) in [5.41, 5.74) is 4.56. The molecule has 0 amide bonds. The topological polar surface area (TPSA) is 29.3 Å². The highest BCUT2D eigenvalue weighted by atomic mass is 15.1. The predicted octanol–water partition coefficient (Wildman–Crippen LogP) is 5.05. The molecule has 0 atom stereocenters. The van der Waals surface area contributed by atoms with Crippen molar-refractivity contribution >= 4 is 11.5 Å². The van der Waals surface area contributed by atoms with E-state index in [1.807, 2.05) is 6.07 Å². The maximum atomic E-state index is 4.91. The number of benzene rings is 1. The number of hydrogen-bond acceptors (Lipinski definition) is 2. The predicted molar refractivity (Wildman–Crippen MR) is 95.9 cm³/mol. The fourth-order valence-electron chi connectivity index (χ4n) is 3.60. The van der Waals surface area contributed by atoms with E-state index >= 15 is 0 Å². The van der Waals surface area contributed by atoms with Crippen molar-refractivity contribution in [1.82, 2.24) is 9.38 Å². The van der Waals surface area contributed by atoms with Gasteiger partial charge in [0.25, 0.3) is 0 Å². The minimum atomic E-state index is 0.562. The zero-order valence-electron chi connectivity index (χ0n) is 13.6. The normalized spacial score (nSPS) is 15.9. The molecule has 0 unspecified atom stereocenters. The molecule has 3 heteroatoms. The number of aromatic nitrogens is 2. The lowest BCUT2D eigenvalue weighted by Gasteiger charge is -2.24. The summed E-state index contributed by atoms with van der Waals surface area (Å²) in [6, 6.07) is 15.3. The van der Waals surface area contributed by atoms with Gasteiger partial charge in [-0.15, -0.1) is 0 Å². The van der Waals surface area contributed by atoms with Crippen LogP contribution in [-0.2, 0) is 0 Å². The van der Waals surface area contributed by atoms with E-state index in [0.717, 1.165) is 17.2 Å². The molecule has 3 nitrogen and oxygen atoms in total. The van der Waals surface area contributed by atoms with E-state index in [-0.39, 0.29) is 0 Å². The number of rotatable bonds is 3. The Bertz CT molecular complexity index is 813. The standard InChI is InChI=1S/C20H23N3/c1-15-9-5-6-12-17(15)19-20(21-16-10-3-2-4-11-16)23-14-8-7-13-18(23)22-19/h5-9,12-14,16,21H,2-4,10-11H2,1H3. The molecule has 1 aliphatic rings. The first kappa shape index (κ1) is 14.3. The number of fused-ring (bicyclic) bond motifs is 1. The Morgan fingerprint density at radius 1 is 1.00 bits per heavy atom. The summed E-state index contributed by atoms with van der Waals surface area (Å²) in [7, 11) is 0. The van der Waals surface area contributed by atoms with Gasteiger partial charge in [0.1, 0.15) is 17.2 Å². The maximum Gasteiger partial charge on any atom is 0.139 e. The molecule has 0 aliphatic heterocycles. The molecule has 2 aromatic heterocycles. The van der Waals surface area contributed by atoms with Crippen LogP contribution in [-0.4, -0.2) is 15.4 Å². The van der Waals surface area contributed by atoms with Gasteiger partial charge in [-0.25, -0.2) is 4.98 Å². The second-order valence-corrected chi connectivity index (χ2v) is 6.53. The number of nitrogens with one attached hydrogen (secondary N) is 1. The van der Waals surface area contributed by atoms with E-state index in [4.69, 9.17) is 4.98 Å². The molecule has 3 aromatic rings. The van der Waals surface area contributed by atoms with Crippen molar-refractivity contribution < 1.29 is 0 Å². The number of anilines is 1. The van der Waals surface area contributed by atoms with Crippen molar-refractivity contribution in [2.45, 2.75) is 45.1 Å². The van der Waals surface area contributed by atoms with Crippen molar-refractivity contribution in [2.24, 2.45) is 0 Å². The fourth-order valence-corrected chi connectivity index (χ4v) is 3.60. The Hall–Kier alpha value is -2.29. The first-order chi connectivity index (χ1) is 11.3. The summed E-state index contributed by atoms with van der Waals surface area (Å²) >= 11 is 0. The van der Waals surface area contributed by atoms with Gasteiger partial charge in [0.15, 0.2) is 0 Å². The Balaban J connectivity index is 1.83. The molecule has 0 radical (unpaired) electrons. The van der Waals surface area contributed by atoms with Crippen LogP contribution in [0.5, 0.6) is 0 Å². The fraction of sp³-hybridized carbons (Fsp3) is 0.350. The number of nitrogens with zero attached hydrogens (tertiary/aromatic N) is 2. The average Bonchev–Trinajstić information content (AvgIpc) is 2.95. The van der Waals surface area contributed by atoms with Gasteiger partial charge in [0, 0.05) is 17.8 Å². The lowest BCUT2D eigenvalue weighted by molar-refractivity contribution is 0.462. The molecule has 2 heterocycles. The van der Waals surface area contributed by atoms with Crippen LogP contribution in [0.2, 0.25) is 0 Å². The van der Waals surface area contributed by atoms with E-state index in [1.165, 1.54) is 43.2 Å². The minimum Gasteiger partial charge on any atom is -0.367 e. The first-order valence-corrected chi connectivity index (χ1v) is 8.62. The molecule has 1 saturated carbocycles. The molecule has 0 spiro atoms. The Kier molecular flexibility index (Phi) is 3.78. The highest BCUT2D eigenvalue weighted by Gasteiger charge is 2.20. The summed E-state index contributed by atoms with van der Waals surface area (Å²) in [6.07, 6.45) is 8.65. The minimum absolute atomic E-state index is 0.562. The Labute approximate surface area is 137 Å². The summed E-state index contributed by atoms with van der Waals surface area (Å²) < 4.78 is 2.19. The lowest BCUT2D eigenvalue weighted by atomic mass is 9.95. The van der Waals surface area contributed by atoms with Crippen LogP contribution in [0.15, 0.2) is 48.7 Å². The SMILES string of the molecule is Cc1ccccc1-c1nc2ccccn2c1NC1CCCCC1. The first-order valence-electron chi connectivity index (χ1n) is 8.62. The molecule has 0 saturated heterocycles. The van der Waals surface area contributed by atoms with Crippen LogP contribution in [0.4, 0.5) is 5.82 Å². The number of pyridine rings is 1. The van der Waals surface area contributed by atoms with Crippen molar-refractivity contribution in [1.29, 1.82) is 0 Å². The van der Waals surface area contributed by atoms with E-state index in [2.05, 4.69) is 59.2 Å². The van der Waals surface area contributed by atoms with Gasteiger partial charge in [0.05, 0.1) is 0 Å². The number of aryl methyl sites for hydroxylation is 1. The average molecular weight is 305 g/mol. The summed E-state index contributed by atoms with van der Waals surface area (Å²) in [5.74, 6) is 1.14. The molecular weight excluding hydrogens is 282 g/mol. The smallest absolute Gasteiger partial charge is 0.139 e. The molecule has 4 rings (SSSR count). The second kappa shape index (κ2) is 6.07. The third-order valence-corrected chi connectivity index (χ3v) is 4.88.